The van der Waals surface area contributed by atoms with E-state index in [0.717, 1.165) is 0 Å². The van der Waals surface area contributed by atoms with Crippen molar-refractivity contribution in [2.24, 2.45) is 0 Å². The first-order valence-corrected chi connectivity index (χ1v) is 3.95. The van der Waals surface area contributed by atoms with Crippen LogP contribution in [0.25, 0.3) is 0 Å². The van der Waals surface area contributed by atoms with Crippen molar-refractivity contribution in [2.75, 3.05) is 0 Å². The Balaban J connectivity index is 0.000000605. The van der Waals surface area contributed by atoms with Crippen molar-refractivity contribution in [1.29, 1.82) is 0 Å². The van der Waals surface area contributed by atoms with Gasteiger partial charge in [0.1, 0.15) is 0 Å². The number of aryl methyl sites for hydroxylation is 2. The summed E-state index contributed by atoms with van der Waals surface area (Å²) < 4.78 is 0. The van der Waals surface area contributed by atoms with Crippen LogP contribution in [0.3, 0.4) is 0 Å². The maximum absolute atomic E-state index is 3.12. The molecule has 0 radical (unpaired) electrons. The van der Waals surface area contributed by atoms with Crippen LogP contribution >= 0.6 is 0 Å². The SMILES string of the molecule is [Cs+].[c-]1ccc2c(c1)CCCC2. The minimum absolute atomic E-state index is 0. The van der Waals surface area contributed by atoms with Crippen LogP contribution in [0.4, 0.5) is 0 Å². The third kappa shape index (κ3) is 2.61. The van der Waals surface area contributed by atoms with E-state index in [9.17, 15) is 0 Å². The molecular formula is C10H11Cs. The van der Waals surface area contributed by atoms with Crippen molar-refractivity contribution in [3.05, 3.63) is 35.4 Å². The molecule has 1 aromatic carbocycles. The Kier molecular flexibility index (Phi) is 4.80. The normalized spacial score (nSPS) is 14.9. The average molecular weight is 264 g/mol. The first-order valence-electron chi connectivity index (χ1n) is 3.95. The van der Waals surface area contributed by atoms with E-state index in [1.54, 1.807) is 5.56 Å². The Labute approximate surface area is 127 Å². The van der Waals surface area contributed by atoms with E-state index >= 15 is 0 Å². The minimum atomic E-state index is 0. The van der Waals surface area contributed by atoms with E-state index in [0.29, 0.717) is 0 Å². The molecule has 0 atom stereocenters. The molecule has 0 unspecified atom stereocenters. The summed E-state index contributed by atoms with van der Waals surface area (Å²) in [4.78, 5) is 0. The third-order valence-corrected chi connectivity index (χ3v) is 2.19. The van der Waals surface area contributed by atoms with Crippen LogP contribution < -0.4 is 68.9 Å². The van der Waals surface area contributed by atoms with Gasteiger partial charge in [-0.1, -0.05) is 25.7 Å². The van der Waals surface area contributed by atoms with Crippen LogP contribution in [0.2, 0.25) is 0 Å². The number of fused-ring (bicyclic) bond motifs is 1. The fourth-order valence-electron chi connectivity index (χ4n) is 1.60. The van der Waals surface area contributed by atoms with Gasteiger partial charge in [0.25, 0.3) is 0 Å². The Morgan fingerprint density at radius 1 is 1.09 bits per heavy atom. The van der Waals surface area contributed by atoms with Gasteiger partial charge < -0.3 is 0 Å². The smallest absolute Gasteiger partial charge is 0.184 e. The quantitative estimate of drug-likeness (QED) is 0.547. The zero-order valence-corrected chi connectivity index (χ0v) is 13.3. The molecule has 11 heavy (non-hydrogen) atoms. The fourth-order valence-corrected chi connectivity index (χ4v) is 1.60. The summed E-state index contributed by atoms with van der Waals surface area (Å²) in [6, 6.07) is 9.47. The van der Waals surface area contributed by atoms with E-state index in [1.807, 2.05) is 6.07 Å². The molecule has 0 amide bonds. The van der Waals surface area contributed by atoms with Gasteiger partial charge in [-0.2, -0.15) is 35.4 Å². The van der Waals surface area contributed by atoms with Gasteiger partial charge in [0.15, 0.2) is 0 Å². The molecule has 0 heterocycles. The summed E-state index contributed by atoms with van der Waals surface area (Å²) in [7, 11) is 0. The predicted octanol–water partition coefficient (Wildman–Crippen LogP) is -0.630. The number of benzene rings is 1. The molecule has 2 rings (SSSR count). The van der Waals surface area contributed by atoms with Gasteiger partial charge in [0.2, 0.25) is 0 Å². The van der Waals surface area contributed by atoms with Crippen molar-refractivity contribution < 1.29 is 68.9 Å². The van der Waals surface area contributed by atoms with Crippen molar-refractivity contribution in [2.45, 2.75) is 25.7 Å². The van der Waals surface area contributed by atoms with E-state index < -0.39 is 0 Å². The molecule has 1 aliphatic carbocycles. The fraction of sp³-hybridized carbons (Fsp3) is 0.400. The Morgan fingerprint density at radius 3 is 2.55 bits per heavy atom. The van der Waals surface area contributed by atoms with Gasteiger partial charge in [-0.15, -0.1) is 0 Å². The monoisotopic (exact) mass is 264 g/mol. The molecule has 1 aliphatic rings. The van der Waals surface area contributed by atoms with Gasteiger partial charge in [-0.25, -0.2) is 0 Å². The van der Waals surface area contributed by atoms with Crippen molar-refractivity contribution in [3.63, 3.8) is 0 Å². The predicted molar refractivity (Wildman–Crippen MR) is 41.9 cm³/mol. The van der Waals surface area contributed by atoms with Crippen LogP contribution in [-0.4, -0.2) is 0 Å². The molecule has 1 heteroatoms. The molecule has 0 aromatic heterocycles. The molecule has 0 N–H and O–H groups in total. The van der Waals surface area contributed by atoms with Gasteiger partial charge in [0, 0.05) is 0 Å². The second-order valence-electron chi connectivity index (χ2n) is 2.90. The van der Waals surface area contributed by atoms with Crippen molar-refractivity contribution in [3.8, 4) is 0 Å². The Bertz CT molecular complexity index is 205. The third-order valence-electron chi connectivity index (χ3n) is 2.19. The average Bonchev–Trinajstić information content (AvgIpc) is 2.05. The molecule has 0 spiro atoms. The molecule has 0 aliphatic heterocycles. The van der Waals surface area contributed by atoms with E-state index in [-0.39, 0.29) is 68.9 Å². The number of rotatable bonds is 0. The van der Waals surface area contributed by atoms with E-state index in [2.05, 4.69) is 18.2 Å². The molecular weight excluding hydrogens is 253 g/mol. The summed E-state index contributed by atoms with van der Waals surface area (Å²) in [6.07, 6.45) is 5.29. The van der Waals surface area contributed by atoms with Gasteiger partial charge in [-0.05, 0) is 0 Å². The summed E-state index contributed by atoms with van der Waals surface area (Å²) in [5, 5.41) is 0. The van der Waals surface area contributed by atoms with Crippen LogP contribution in [0.1, 0.15) is 24.0 Å². The standard InChI is InChI=1S/C10H11.Cs/c1-2-6-10-8-4-3-7-9(10)5-1;/h1,5-6H,3-4,7-8H2;/q-1;+1. The maximum Gasteiger partial charge on any atom is 1.00 e. The maximum atomic E-state index is 3.12. The molecule has 0 bridgehead atoms. The molecule has 0 nitrogen and oxygen atoms in total. The summed E-state index contributed by atoms with van der Waals surface area (Å²) in [6.45, 7) is 0. The van der Waals surface area contributed by atoms with Crippen molar-refractivity contribution >= 4 is 0 Å². The van der Waals surface area contributed by atoms with Crippen LogP contribution in [0, 0.1) is 6.07 Å². The second kappa shape index (κ2) is 5.10. The number of hydrogen-bond donors (Lipinski definition) is 0. The van der Waals surface area contributed by atoms with E-state index in [4.69, 9.17) is 0 Å². The molecule has 52 valence electrons. The topological polar surface area (TPSA) is 0 Å². The summed E-state index contributed by atoms with van der Waals surface area (Å²) in [5.74, 6) is 0. The van der Waals surface area contributed by atoms with Gasteiger partial charge in [-0.3, -0.25) is 0 Å². The largest absolute Gasteiger partial charge is 1.00 e. The molecule has 0 fully saturated rings. The number of hydrogen-bond acceptors (Lipinski definition) is 0. The van der Waals surface area contributed by atoms with Gasteiger partial charge in [0.05, 0.1) is 0 Å². The summed E-state index contributed by atoms with van der Waals surface area (Å²) >= 11 is 0. The van der Waals surface area contributed by atoms with Crippen LogP contribution in [-0.2, 0) is 12.8 Å². The van der Waals surface area contributed by atoms with Crippen LogP contribution in [0.5, 0.6) is 0 Å². The molecule has 0 saturated heterocycles. The zero-order chi connectivity index (χ0) is 6.81. The molecule has 0 saturated carbocycles. The second-order valence-corrected chi connectivity index (χ2v) is 2.90. The summed E-state index contributed by atoms with van der Waals surface area (Å²) in [5.41, 5.74) is 3.07. The first kappa shape index (κ1) is 10.4. The Morgan fingerprint density at radius 2 is 1.82 bits per heavy atom. The molecule has 1 aromatic rings. The van der Waals surface area contributed by atoms with Gasteiger partial charge >= 0.3 is 68.9 Å². The Hall–Kier alpha value is 1.27. The van der Waals surface area contributed by atoms with E-state index in [1.165, 1.54) is 31.2 Å². The first-order chi connectivity index (χ1) is 4.97. The minimum Gasteiger partial charge on any atom is -0.184 e. The zero-order valence-electron chi connectivity index (χ0n) is 7.06. The van der Waals surface area contributed by atoms with Crippen LogP contribution in [0.15, 0.2) is 18.2 Å². The van der Waals surface area contributed by atoms with Crippen molar-refractivity contribution in [1.82, 2.24) is 0 Å².